The van der Waals surface area contributed by atoms with E-state index in [-0.39, 0.29) is 11.5 Å². The molecule has 0 aromatic rings. The van der Waals surface area contributed by atoms with Crippen LogP contribution in [0.4, 0.5) is 0 Å². The SMILES string of the molecule is CC12CC3CC(C)(C1)CC(NC(=O)C1CCNCC1)(C3)C2. The van der Waals surface area contributed by atoms with Crippen LogP contribution in [0.15, 0.2) is 0 Å². The zero-order valence-corrected chi connectivity index (χ0v) is 13.6. The molecule has 3 heteroatoms. The molecule has 1 saturated heterocycles. The molecule has 3 nitrogen and oxygen atoms in total. The van der Waals surface area contributed by atoms with E-state index in [1.54, 1.807) is 0 Å². The van der Waals surface area contributed by atoms with Crippen molar-refractivity contribution < 1.29 is 4.79 Å². The fraction of sp³-hybridized carbons (Fsp3) is 0.944. The Balaban J connectivity index is 1.52. The van der Waals surface area contributed by atoms with Crippen molar-refractivity contribution in [2.24, 2.45) is 22.7 Å². The molecule has 1 aliphatic heterocycles. The van der Waals surface area contributed by atoms with Gasteiger partial charge in [-0.2, -0.15) is 0 Å². The van der Waals surface area contributed by atoms with Gasteiger partial charge in [0.15, 0.2) is 0 Å². The van der Waals surface area contributed by atoms with Gasteiger partial charge in [0, 0.05) is 11.5 Å². The lowest BCUT2D eigenvalue weighted by Crippen LogP contribution is -2.65. The highest BCUT2D eigenvalue weighted by molar-refractivity contribution is 5.79. The van der Waals surface area contributed by atoms with E-state index in [4.69, 9.17) is 0 Å². The van der Waals surface area contributed by atoms with Crippen molar-refractivity contribution in [2.45, 2.75) is 70.8 Å². The summed E-state index contributed by atoms with van der Waals surface area (Å²) in [5.74, 6) is 1.45. The van der Waals surface area contributed by atoms with Crippen molar-refractivity contribution in [1.82, 2.24) is 10.6 Å². The van der Waals surface area contributed by atoms with Gasteiger partial charge in [0.2, 0.25) is 5.91 Å². The lowest BCUT2D eigenvalue weighted by atomic mass is 9.42. The van der Waals surface area contributed by atoms with Crippen molar-refractivity contribution in [2.75, 3.05) is 13.1 Å². The number of amides is 1. The molecular weight excluding hydrogens is 260 g/mol. The average Bonchev–Trinajstić information content (AvgIpc) is 2.34. The lowest BCUT2D eigenvalue weighted by molar-refractivity contribution is -0.143. The summed E-state index contributed by atoms with van der Waals surface area (Å²) in [6.45, 7) is 6.95. The molecule has 2 atom stereocenters. The Morgan fingerprint density at radius 3 is 2.19 bits per heavy atom. The van der Waals surface area contributed by atoms with Crippen molar-refractivity contribution in [3.05, 3.63) is 0 Å². The summed E-state index contributed by atoms with van der Waals surface area (Å²) in [7, 11) is 0. The zero-order valence-electron chi connectivity index (χ0n) is 13.6. The minimum atomic E-state index is 0.130. The van der Waals surface area contributed by atoms with E-state index in [0.29, 0.717) is 16.7 Å². The molecule has 2 unspecified atom stereocenters. The third kappa shape index (κ3) is 2.42. The second-order valence-electron chi connectivity index (χ2n) is 9.42. The van der Waals surface area contributed by atoms with E-state index < -0.39 is 0 Å². The van der Waals surface area contributed by atoms with Gasteiger partial charge in [0.05, 0.1) is 0 Å². The summed E-state index contributed by atoms with van der Waals surface area (Å²) in [5.41, 5.74) is 1.09. The maximum Gasteiger partial charge on any atom is 0.223 e. The number of rotatable bonds is 2. The van der Waals surface area contributed by atoms with E-state index in [1.165, 1.54) is 38.5 Å². The molecule has 1 amide bonds. The van der Waals surface area contributed by atoms with Crippen LogP contribution >= 0.6 is 0 Å². The van der Waals surface area contributed by atoms with Gasteiger partial charge in [-0.25, -0.2) is 0 Å². The van der Waals surface area contributed by atoms with Crippen LogP contribution in [0.1, 0.15) is 65.2 Å². The first-order valence-electron chi connectivity index (χ1n) is 8.92. The Morgan fingerprint density at radius 2 is 1.62 bits per heavy atom. The first-order chi connectivity index (χ1) is 9.90. The number of carbonyl (C=O) groups is 1. The number of piperidine rings is 1. The van der Waals surface area contributed by atoms with E-state index in [1.807, 2.05) is 0 Å². The standard InChI is InChI=1S/C18H30N2O/c1-16-7-13-8-17(2,10-16)12-18(9-13,11-16)20-15(21)14-3-5-19-6-4-14/h13-14,19H,3-12H2,1-2H3,(H,20,21). The quantitative estimate of drug-likeness (QED) is 0.821. The maximum atomic E-state index is 12.8. The smallest absolute Gasteiger partial charge is 0.223 e. The third-order valence-corrected chi connectivity index (χ3v) is 6.72. The topological polar surface area (TPSA) is 41.1 Å². The number of hydrogen-bond acceptors (Lipinski definition) is 2. The molecule has 4 bridgehead atoms. The predicted octanol–water partition coefficient (Wildman–Crippen LogP) is 2.85. The first-order valence-corrected chi connectivity index (χ1v) is 8.92. The van der Waals surface area contributed by atoms with Crippen molar-refractivity contribution in [3.63, 3.8) is 0 Å². The first kappa shape index (κ1) is 14.0. The molecule has 1 heterocycles. The normalized spacial score (nSPS) is 49.3. The van der Waals surface area contributed by atoms with Crippen molar-refractivity contribution in [1.29, 1.82) is 0 Å². The molecule has 4 aliphatic carbocycles. The third-order valence-electron chi connectivity index (χ3n) is 6.72. The summed E-state index contributed by atoms with van der Waals surface area (Å²) >= 11 is 0. The summed E-state index contributed by atoms with van der Waals surface area (Å²) in [5, 5.41) is 6.94. The monoisotopic (exact) mass is 290 g/mol. The van der Waals surface area contributed by atoms with Crippen LogP contribution in [-0.2, 0) is 4.79 Å². The Labute approximate surface area is 128 Å². The van der Waals surface area contributed by atoms with Crippen LogP contribution in [0, 0.1) is 22.7 Å². The largest absolute Gasteiger partial charge is 0.350 e. The van der Waals surface area contributed by atoms with E-state index in [9.17, 15) is 4.79 Å². The highest BCUT2D eigenvalue weighted by atomic mass is 16.2. The molecule has 5 aliphatic rings. The fourth-order valence-corrected chi connectivity index (χ4v) is 7.03. The van der Waals surface area contributed by atoms with Crippen LogP contribution in [0.25, 0.3) is 0 Å². The van der Waals surface area contributed by atoms with E-state index >= 15 is 0 Å². The minimum Gasteiger partial charge on any atom is -0.350 e. The maximum absolute atomic E-state index is 12.8. The van der Waals surface area contributed by atoms with Gasteiger partial charge in [-0.1, -0.05) is 13.8 Å². The van der Waals surface area contributed by atoms with Gasteiger partial charge in [-0.3, -0.25) is 4.79 Å². The Morgan fingerprint density at radius 1 is 1.00 bits per heavy atom. The summed E-state index contributed by atoms with van der Waals surface area (Å²) < 4.78 is 0. The summed E-state index contributed by atoms with van der Waals surface area (Å²) in [6.07, 6.45) is 9.89. The molecule has 2 N–H and O–H groups in total. The van der Waals surface area contributed by atoms with Gasteiger partial charge in [-0.05, 0) is 81.2 Å². The zero-order chi connectivity index (χ0) is 14.7. The average molecular weight is 290 g/mol. The molecule has 4 saturated carbocycles. The lowest BCUT2D eigenvalue weighted by Gasteiger charge is -2.65. The molecule has 21 heavy (non-hydrogen) atoms. The molecule has 118 valence electrons. The molecular formula is C18H30N2O. The molecule has 5 rings (SSSR count). The van der Waals surface area contributed by atoms with Gasteiger partial charge in [0.25, 0.3) is 0 Å². The number of hydrogen-bond donors (Lipinski definition) is 2. The molecule has 0 aromatic heterocycles. The molecule has 0 spiro atoms. The Bertz CT molecular complexity index is 436. The van der Waals surface area contributed by atoms with Crippen LogP contribution in [-0.4, -0.2) is 24.5 Å². The van der Waals surface area contributed by atoms with Gasteiger partial charge < -0.3 is 10.6 Å². The molecule has 0 aromatic carbocycles. The van der Waals surface area contributed by atoms with Crippen molar-refractivity contribution in [3.8, 4) is 0 Å². The van der Waals surface area contributed by atoms with Crippen LogP contribution in [0.5, 0.6) is 0 Å². The second kappa shape index (κ2) is 4.47. The highest BCUT2D eigenvalue weighted by Crippen LogP contribution is 2.66. The summed E-state index contributed by atoms with van der Waals surface area (Å²) in [4.78, 5) is 12.8. The van der Waals surface area contributed by atoms with Crippen LogP contribution < -0.4 is 10.6 Å². The molecule has 5 fully saturated rings. The predicted molar refractivity (Wildman–Crippen MR) is 83.9 cm³/mol. The van der Waals surface area contributed by atoms with E-state index in [2.05, 4.69) is 24.5 Å². The van der Waals surface area contributed by atoms with Crippen LogP contribution in [0.2, 0.25) is 0 Å². The van der Waals surface area contributed by atoms with Gasteiger partial charge >= 0.3 is 0 Å². The van der Waals surface area contributed by atoms with Crippen molar-refractivity contribution >= 4 is 5.91 Å². The Hall–Kier alpha value is -0.570. The second-order valence-corrected chi connectivity index (χ2v) is 9.42. The fourth-order valence-electron chi connectivity index (χ4n) is 7.03. The Kier molecular flexibility index (Phi) is 2.99. The summed E-state index contributed by atoms with van der Waals surface area (Å²) in [6, 6.07) is 0. The number of carbonyl (C=O) groups excluding carboxylic acids is 1. The van der Waals surface area contributed by atoms with E-state index in [0.717, 1.165) is 31.8 Å². The highest BCUT2D eigenvalue weighted by Gasteiger charge is 2.60. The molecule has 0 radical (unpaired) electrons. The minimum absolute atomic E-state index is 0.130. The van der Waals surface area contributed by atoms with Gasteiger partial charge in [-0.15, -0.1) is 0 Å². The number of nitrogens with one attached hydrogen (secondary N) is 2. The van der Waals surface area contributed by atoms with Gasteiger partial charge in [0.1, 0.15) is 0 Å². The van der Waals surface area contributed by atoms with Crippen LogP contribution in [0.3, 0.4) is 0 Å².